The normalized spacial score (nSPS) is 16.6. The van der Waals surface area contributed by atoms with E-state index in [4.69, 9.17) is 0 Å². The van der Waals surface area contributed by atoms with E-state index in [2.05, 4.69) is 52.5 Å². The van der Waals surface area contributed by atoms with Crippen molar-refractivity contribution in [2.45, 2.75) is 37.3 Å². The molecule has 0 aliphatic heterocycles. The summed E-state index contributed by atoms with van der Waals surface area (Å²) < 4.78 is 1.08. The summed E-state index contributed by atoms with van der Waals surface area (Å²) in [7, 11) is -0.866. The molecule has 68 valence electrons. The Bertz CT molecular complexity index is 109. The van der Waals surface area contributed by atoms with Gasteiger partial charge in [0.15, 0.2) is 0 Å². The van der Waals surface area contributed by atoms with E-state index in [1.54, 1.807) is 0 Å². The fourth-order valence-corrected chi connectivity index (χ4v) is 36.4. The monoisotopic (exact) mass is 298 g/mol. The summed E-state index contributed by atoms with van der Waals surface area (Å²) in [4.78, 5) is 7.69. The van der Waals surface area contributed by atoms with Crippen LogP contribution in [0.1, 0.15) is 0 Å². The molecule has 0 fully saturated rings. The van der Waals surface area contributed by atoms with Crippen molar-refractivity contribution in [1.29, 1.82) is 0 Å². The molecule has 0 aromatic carbocycles. The van der Waals surface area contributed by atoms with Crippen LogP contribution >= 0.6 is 11.8 Å². The molecule has 0 amide bonds. The van der Waals surface area contributed by atoms with Crippen LogP contribution in [0.25, 0.3) is 0 Å². The second kappa shape index (κ2) is 4.05. The molecule has 0 saturated carbocycles. The maximum atomic E-state index is 2.56. The summed E-state index contributed by atoms with van der Waals surface area (Å²) >= 11 is 0.538. The standard InChI is InChI=1S/C5H13SSi.3CH3.Sn/c1-6-5-7(2,3)4;;;;/h5H,1-4H3;3*1H3;. The van der Waals surface area contributed by atoms with Gasteiger partial charge in [-0.05, 0) is 0 Å². The van der Waals surface area contributed by atoms with Gasteiger partial charge in [0.05, 0.1) is 0 Å². The first kappa shape index (κ1) is 12.4. The molecule has 11 heavy (non-hydrogen) atoms. The number of hydrogen-bond donors (Lipinski definition) is 0. The van der Waals surface area contributed by atoms with Crippen molar-refractivity contribution in [3.8, 4) is 0 Å². The van der Waals surface area contributed by atoms with Crippen LogP contribution in [0.3, 0.4) is 0 Å². The molecule has 1 unspecified atom stereocenters. The zero-order valence-electron chi connectivity index (χ0n) is 8.99. The molecule has 0 radical (unpaired) electrons. The van der Waals surface area contributed by atoms with Crippen molar-refractivity contribution < 1.29 is 0 Å². The van der Waals surface area contributed by atoms with Crippen molar-refractivity contribution in [3.05, 3.63) is 0 Å². The Morgan fingerprint density at radius 3 is 1.45 bits per heavy atom. The van der Waals surface area contributed by atoms with Gasteiger partial charge >= 0.3 is 81.8 Å². The average Bonchev–Trinajstić information content (AvgIpc) is 1.56. The summed E-state index contributed by atoms with van der Waals surface area (Å²) in [6.07, 6.45) is 2.30. The van der Waals surface area contributed by atoms with Crippen LogP contribution in [-0.2, 0) is 0 Å². The Hall–Kier alpha value is 1.37. The molecule has 0 rings (SSSR count). The molecule has 0 saturated heterocycles. The van der Waals surface area contributed by atoms with Gasteiger partial charge in [-0.1, -0.05) is 0 Å². The quantitative estimate of drug-likeness (QED) is 0.719. The van der Waals surface area contributed by atoms with Gasteiger partial charge in [0.2, 0.25) is 0 Å². The Balaban J connectivity index is 4.43. The van der Waals surface area contributed by atoms with Crippen LogP contribution in [0.5, 0.6) is 0 Å². The third-order valence-corrected chi connectivity index (χ3v) is 31.2. The van der Waals surface area contributed by atoms with Gasteiger partial charge in [0.1, 0.15) is 0 Å². The van der Waals surface area contributed by atoms with Crippen LogP contribution in [0, 0.1) is 0 Å². The minimum absolute atomic E-state index is 0.866. The number of rotatable bonds is 3. The number of thioether (sulfide) groups is 1. The first-order valence-corrected chi connectivity index (χ1v) is 19.3. The van der Waals surface area contributed by atoms with E-state index < -0.39 is 26.5 Å². The van der Waals surface area contributed by atoms with Crippen LogP contribution in [0.2, 0.25) is 34.5 Å². The molecule has 0 aromatic heterocycles. The molecule has 3 heteroatoms. The van der Waals surface area contributed by atoms with Gasteiger partial charge in [-0.2, -0.15) is 0 Å². The van der Waals surface area contributed by atoms with Crippen LogP contribution in [-0.4, -0.2) is 35.6 Å². The summed E-state index contributed by atoms with van der Waals surface area (Å²) in [5, 5.41) is 0. The third kappa shape index (κ3) is 4.22. The van der Waals surface area contributed by atoms with E-state index in [0.717, 1.165) is 2.89 Å². The second-order valence-corrected chi connectivity index (χ2v) is 30.0. The summed E-state index contributed by atoms with van der Waals surface area (Å²) in [5.41, 5.74) is 0. The van der Waals surface area contributed by atoms with E-state index in [1.807, 2.05) is 0 Å². The van der Waals surface area contributed by atoms with E-state index >= 15 is 0 Å². The number of hydrogen-bond acceptors (Lipinski definition) is 1. The third-order valence-electron chi connectivity index (χ3n) is 1.81. The van der Waals surface area contributed by atoms with Crippen molar-refractivity contribution in [1.82, 2.24) is 0 Å². The first-order chi connectivity index (χ1) is 4.69. The van der Waals surface area contributed by atoms with E-state index in [0.29, 0.717) is 0 Å². The molecule has 0 heterocycles. The van der Waals surface area contributed by atoms with Crippen LogP contribution in [0.4, 0.5) is 0 Å². The Morgan fingerprint density at radius 2 is 1.45 bits per heavy atom. The molecule has 0 spiro atoms. The average molecular weight is 297 g/mol. The Kier molecular flexibility index (Phi) is 4.55. The van der Waals surface area contributed by atoms with E-state index in [9.17, 15) is 0 Å². The molecule has 1 atom stereocenters. The fourth-order valence-electron chi connectivity index (χ4n) is 2.01. The predicted octanol–water partition coefficient (Wildman–Crippen LogP) is 3.47. The van der Waals surface area contributed by atoms with Crippen LogP contribution in [0.15, 0.2) is 0 Å². The molecular weight excluding hydrogens is 275 g/mol. The van der Waals surface area contributed by atoms with Gasteiger partial charge < -0.3 is 0 Å². The topological polar surface area (TPSA) is 0 Å². The van der Waals surface area contributed by atoms with E-state index in [-0.39, 0.29) is 0 Å². The zero-order chi connectivity index (χ0) is 9.28. The van der Waals surface area contributed by atoms with Crippen molar-refractivity contribution >= 4 is 38.2 Å². The molecule has 0 aliphatic carbocycles. The van der Waals surface area contributed by atoms with Gasteiger partial charge in [0, 0.05) is 0 Å². The molecule has 0 aliphatic rings. The first-order valence-electron chi connectivity index (χ1n) is 4.22. The van der Waals surface area contributed by atoms with Gasteiger partial charge in [-0.15, -0.1) is 0 Å². The second-order valence-electron chi connectivity index (χ2n) is 5.35. The SMILES string of the molecule is CS[CH]([Si](C)(C)C)[Sn]([CH3])([CH3])[CH3]. The van der Waals surface area contributed by atoms with Gasteiger partial charge in [-0.25, -0.2) is 0 Å². The Labute approximate surface area is 81.4 Å². The van der Waals surface area contributed by atoms with Crippen molar-refractivity contribution in [3.63, 3.8) is 0 Å². The summed E-state index contributed by atoms with van der Waals surface area (Å²) in [6.45, 7) is 7.53. The predicted molar refractivity (Wildman–Crippen MR) is 64.0 cm³/mol. The van der Waals surface area contributed by atoms with Crippen molar-refractivity contribution in [2.24, 2.45) is 0 Å². The van der Waals surface area contributed by atoms with Gasteiger partial charge in [-0.3, -0.25) is 0 Å². The molecule has 0 aromatic rings. The van der Waals surface area contributed by atoms with Gasteiger partial charge in [0.25, 0.3) is 0 Å². The molecule has 0 nitrogen and oxygen atoms in total. The summed E-state index contributed by atoms with van der Waals surface area (Å²) in [6, 6.07) is 0. The minimum atomic E-state index is -1.60. The maximum absolute atomic E-state index is 2.56. The van der Waals surface area contributed by atoms with Crippen molar-refractivity contribution in [2.75, 3.05) is 6.26 Å². The molecular formula is C8H22SSiSn. The zero-order valence-corrected chi connectivity index (χ0v) is 13.7. The fraction of sp³-hybridized carbons (Fsp3) is 1.00. The molecule has 0 bridgehead atoms. The Morgan fingerprint density at radius 1 is 1.09 bits per heavy atom. The van der Waals surface area contributed by atoms with E-state index in [1.165, 1.54) is 0 Å². The molecule has 0 N–H and O–H groups in total. The summed E-state index contributed by atoms with van der Waals surface area (Å²) in [5.74, 6) is 0. The van der Waals surface area contributed by atoms with Crippen LogP contribution < -0.4 is 0 Å².